The van der Waals surface area contributed by atoms with Crippen LogP contribution in [0, 0.1) is 11.3 Å². The maximum atomic E-state index is 8.22. The van der Waals surface area contributed by atoms with Crippen LogP contribution in [0.1, 0.15) is 0 Å². The Morgan fingerprint density at radius 2 is 2.67 bits per heavy atom. The molecule has 0 atom stereocenters. The Morgan fingerprint density at radius 1 is 1.89 bits per heavy atom. The van der Waals surface area contributed by atoms with Crippen molar-refractivity contribution in [1.82, 2.24) is 9.91 Å². The molecule has 1 aliphatic rings. The minimum atomic E-state index is 0.369. The van der Waals surface area contributed by atoms with Gasteiger partial charge in [0.1, 0.15) is 5.10 Å². The Hall–Kier alpha value is -1.33. The highest BCUT2D eigenvalue weighted by atomic mass is 15.6. The highest BCUT2D eigenvalue weighted by Crippen LogP contribution is 1.95. The summed E-state index contributed by atoms with van der Waals surface area (Å²) in [4.78, 5) is 1.71. The fraction of sp³-hybridized carbons (Fsp3) is 0.600. The average Bonchev–Trinajstić information content (AvgIpc) is 2.17. The molecule has 0 saturated heterocycles. The van der Waals surface area contributed by atoms with Gasteiger partial charge in [0.05, 0.1) is 6.07 Å². The summed E-state index contributed by atoms with van der Waals surface area (Å²) in [6.45, 7) is 1.04. The molecule has 0 bridgehead atoms. The molecule has 4 heteroatoms. The Kier molecular flexibility index (Phi) is 1.48. The highest BCUT2D eigenvalue weighted by molar-refractivity contribution is 5.56. The first-order valence-electron chi connectivity index (χ1n) is 2.62. The van der Waals surface area contributed by atoms with Crippen LogP contribution in [0.25, 0.3) is 0 Å². The minimum absolute atomic E-state index is 0.369. The summed E-state index contributed by atoms with van der Waals surface area (Å²) >= 11 is 0. The zero-order valence-corrected chi connectivity index (χ0v) is 5.20. The van der Waals surface area contributed by atoms with E-state index in [1.807, 2.05) is 13.1 Å². The van der Waals surface area contributed by atoms with E-state index in [0.29, 0.717) is 13.2 Å². The maximum Gasteiger partial charge on any atom is 0.545 e. The van der Waals surface area contributed by atoms with E-state index in [9.17, 15) is 0 Å². The minimum Gasteiger partial charge on any atom is -0.228 e. The molecule has 0 spiro atoms. The number of hydrogen-bond acceptors (Lipinski definition) is 4. The summed E-state index contributed by atoms with van der Waals surface area (Å²) in [5, 5.41) is 13.7. The first-order chi connectivity index (χ1) is 4.33. The van der Waals surface area contributed by atoms with Gasteiger partial charge < -0.3 is 0 Å². The molecule has 0 saturated carbocycles. The van der Waals surface area contributed by atoms with Crippen LogP contribution in [0.2, 0.25) is 0 Å². The molecule has 0 aromatic heterocycles. The van der Waals surface area contributed by atoms with Crippen molar-refractivity contribution in [3.8, 4) is 6.07 Å². The molecule has 1 aliphatic heterocycles. The highest BCUT2D eigenvalue weighted by Gasteiger charge is 2.23. The van der Waals surface area contributed by atoms with Crippen LogP contribution in [0.4, 0.5) is 0 Å². The smallest absolute Gasteiger partial charge is 0.228 e. The molecule has 0 aliphatic carbocycles. The largest absolute Gasteiger partial charge is 0.545 e. The van der Waals surface area contributed by atoms with Gasteiger partial charge in [-0.1, -0.05) is 0 Å². The number of hydrogen-bond donors (Lipinski definition) is 0. The van der Waals surface area contributed by atoms with Crippen molar-refractivity contribution in [3.05, 3.63) is 0 Å². The first-order valence-corrected chi connectivity index (χ1v) is 2.62. The third-order valence-electron chi connectivity index (χ3n) is 0.994. The van der Waals surface area contributed by atoms with Crippen molar-refractivity contribution < 1.29 is 0 Å². The molecule has 0 amide bonds. The van der Waals surface area contributed by atoms with E-state index >= 15 is 0 Å². The molecule has 0 fully saturated rings. The van der Waals surface area contributed by atoms with Gasteiger partial charge in [-0.05, 0) is 0 Å². The molecule has 9 heavy (non-hydrogen) atoms. The lowest BCUT2D eigenvalue weighted by atomic mass is 10.6. The average molecular weight is 123 g/mol. The van der Waals surface area contributed by atoms with Crippen LogP contribution in [0.5, 0.6) is 0 Å². The quantitative estimate of drug-likeness (QED) is 0.350. The monoisotopic (exact) mass is 123 g/mol. The van der Waals surface area contributed by atoms with Crippen molar-refractivity contribution >= 4 is 6.34 Å². The number of nitriles is 1. The summed E-state index contributed by atoms with van der Waals surface area (Å²) in [7, 11) is 1.84. The van der Waals surface area contributed by atoms with E-state index in [-0.39, 0.29) is 0 Å². The fourth-order valence-electron chi connectivity index (χ4n) is 0.621. The molecule has 1 rings (SSSR count). The molecule has 0 aromatic carbocycles. The normalized spacial score (nSPS) is 15.6. The van der Waals surface area contributed by atoms with Gasteiger partial charge >= 0.3 is 6.34 Å². The van der Waals surface area contributed by atoms with Gasteiger partial charge in [-0.3, -0.25) is 0 Å². The van der Waals surface area contributed by atoms with Crippen LogP contribution in [0.3, 0.4) is 0 Å². The van der Waals surface area contributed by atoms with Crippen LogP contribution in [-0.2, 0) is 0 Å². The van der Waals surface area contributed by atoms with Crippen molar-refractivity contribution in [2.75, 3.05) is 20.3 Å². The molecular formula is C5H7N4+. The van der Waals surface area contributed by atoms with Crippen LogP contribution in [0.15, 0.2) is 5.10 Å². The third-order valence-corrected chi connectivity index (χ3v) is 0.994. The fourth-order valence-corrected chi connectivity index (χ4v) is 0.621. The van der Waals surface area contributed by atoms with Gasteiger partial charge in [-0.2, -0.15) is 5.26 Å². The summed E-state index contributed by atoms with van der Waals surface area (Å²) in [5.41, 5.74) is 0. The maximum absolute atomic E-state index is 8.22. The van der Waals surface area contributed by atoms with E-state index in [1.165, 1.54) is 0 Å². The second-order valence-electron chi connectivity index (χ2n) is 1.86. The first kappa shape index (κ1) is 5.80. The second-order valence-corrected chi connectivity index (χ2v) is 1.86. The second kappa shape index (κ2) is 2.29. The summed E-state index contributed by atoms with van der Waals surface area (Å²) in [6, 6.07) is 2.01. The standard InChI is InChI=1S/C5H7N4/c1-8-5-9(3-2-6)4-7-8/h3,5H2,1H3/q+1. The van der Waals surface area contributed by atoms with E-state index in [4.69, 9.17) is 5.26 Å². The Morgan fingerprint density at radius 3 is 3.11 bits per heavy atom. The van der Waals surface area contributed by atoms with Crippen molar-refractivity contribution in [3.63, 3.8) is 0 Å². The lowest BCUT2D eigenvalue weighted by Crippen LogP contribution is -2.24. The van der Waals surface area contributed by atoms with Gasteiger partial charge in [0, 0.05) is 7.05 Å². The van der Waals surface area contributed by atoms with Crippen LogP contribution in [-0.4, -0.2) is 36.5 Å². The van der Waals surface area contributed by atoms with Gasteiger partial charge in [-0.25, -0.2) is 5.01 Å². The van der Waals surface area contributed by atoms with Gasteiger partial charge in [0.15, 0.2) is 13.2 Å². The van der Waals surface area contributed by atoms with Crippen molar-refractivity contribution in [1.29, 1.82) is 5.26 Å². The molecular weight excluding hydrogens is 116 g/mol. The van der Waals surface area contributed by atoms with Crippen molar-refractivity contribution in [2.45, 2.75) is 0 Å². The predicted molar refractivity (Wildman–Crippen MR) is 32.4 cm³/mol. The summed E-state index contributed by atoms with van der Waals surface area (Å²) in [6.07, 6.45) is 2.67. The predicted octanol–water partition coefficient (Wildman–Crippen LogP) is -0.465. The van der Waals surface area contributed by atoms with Gasteiger partial charge in [0.2, 0.25) is 0 Å². The number of rotatable bonds is 1. The topological polar surface area (TPSA) is 42.6 Å². The Balaban J connectivity index is 2.34. The summed E-state index contributed by atoms with van der Waals surface area (Å²) in [5.74, 6) is 0. The van der Waals surface area contributed by atoms with E-state index in [1.54, 1.807) is 9.91 Å². The van der Waals surface area contributed by atoms with E-state index < -0.39 is 0 Å². The van der Waals surface area contributed by atoms with Gasteiger partial charge in [-0.15, -0.1) is 4.90 Å². The molecule has 0 N–H and O–H groups in total. The SMILES string of the molecule is CN1CN(CC#N)[C+]=N1. The third kappa shape index (κ3) is 1.28. The van der Waals surface area contributed by atoms with Crippen LogP contribution >= 0.6 is 0 Å². The molecule has 0 aromatic rings. The van der Waals surface area contributed by atoms with E-state index in [0.717, 1.165) is 0 Å². The molecule has 4 nitrogen and oxygen atoms in total. The van der Waals surface area contributed by atoms with Crippen LogP contribution < -0.4 is 0 Å². The summed E-state index contributed by atoms with van der Waals surface area (Å²) < 4.78 is 0. The lowest BCUT2D eigenvalue weighted by molar-refractivity contribution is 0.292. The van der Waals surface area contributed by atoms with Crippen molar-refractivity contribution in [2.24, 2.45) is 5.10 Å². The molecule has 0 unspecified atom stereocenters. The molecule has 0 radical (unpaired) electrons. The van der Waals surface area contributed by atoms with Gasteiger partial charge in [0.25, 0.3) is 0 Å². The molecule has 46 valence electrons. The zero-order valence-electron chi connectivity index (χ0n) is 5.20. The molecule has 1 heterocycles. The van der Waals surface area contributed by atoms with E-state index in [2.05, 4.69) is 11.4 Å². The zero-order chi connectivity index (χ0) is 6.69. The number of nitrogens with zero attached hydrogens (tertiary/aromatic N) is 4. The number of hydrazone groups is 1. The Bertz CT molecular complexity index is 157. The lowest BCUT2D eigenvalue weighted by Gasteiger charge is -1.99. The Labute approximate surface area is 54.0 Å².